The van der Waals surface area contributed by atoms with E-state index in [0.29, 0.717) is 0 Å². The van der Waals surface area contributed by atoms with Crippen molar-refractivity contribution in [1.29, 1.82) is 0 Å². The monoisotopic (exact) mass is 172 g/mol. The second kappa shape index (κ2) is 7.56. The predicted molar refractivity (Wildman–Crippen MR) is 55.5 cm³/mol. The lowest BCUT2D eigenvalue weighted by Gasteiger charge is -2.10. The summed E-state index contributed by atoms with van der Waals surface area (Å²) in [5, 5.41) is 3.45. The predicted octanol–water partition coefficient (Wildman–Crippen LogP) is 1.57. The molecule has 0 amide bonds. The molecule has 0 aliphatic carbocycles. The molecule has 74 valence electrons. The van der Waals surface area contributed by atoms with Crippen LogP contribution in [0.1, 0.15) is 26.7 Å². The molecule has 0 aromatic rings. The van der Waals surface area contributed by atoms with Crippen molar-refractivity contribution in [2.75, 3.05) is 33.7 Å². The first-order valence-electron chi connectivity index (χ1n) is 4.98. The van der Waals surface area contributed by atoms with Crippen molar-refractivity contribution in [2.45, 2.75) is 26.7 Å². The highest BCUT2D eigenvalue weighted by atomic mass is 15.0. The highest BCUT2D eigenvalue weighted by Gasteiger charge is 1.93. The topological polar surface area (TPSA) is 15.3 Å². The molecule has 0 atom stereocenters. The maximum Gasteiger partial charge on any atom is -0.00127 e. The van der Waals surface area contributed by atoms with Gasteiger partial charge in [-0.1, -0.05) is 13.8 Å². The first-order chi connectivity index (χ1) is 5.63. The summed E-state index contributed by atoms with van der Waals surface area (Å²) in [5.74, 6) is 0.825. The summed E-state index contributed by atoms with van der Waals surface area (Å²) in [6.45, 7) is 8.05. The Balaban J connectivity index is 2.91. The summed E-state index contributed by atoms with van der Waals surface area (Å²) in [6, 6.07) is 0. The Hall–Kier alpha value is -0.0800. The van der Waals surface area contributed by atoms with Crippen molar-refractivity contribution >= 4 is 0 Å². The zero-order valence-corrected chi connectivity index (χ0v) is 9.06. The number of hydrogen-bond acceptors (Lipinski definition) is 2. The van der Waals surface area contributed by atoms with E-state index in [-0.39, 0.29) is 0 Å². The summed E-state index contributed by atoms with van der Waals surface area (Å²) in [6.07, 6.45) is 2.55. The molecule has 2 heteroatoms. The van der Waals surface area contributed by atoms with Gasteiger partial charge in [0, 0.05) is 0 Å². The number of rotatable bonds is 7. The fraction of sp³-hybridized carbons (Fsp3) is 1.00. The third-order valence-corrected chi connectivity index (χ3v) is 1.86. The lowest BCUT2D eigenvalue weighted by molar-refractivity contribution is 0.392. The van der Waals surface area contributed by atoms with Crippen molar-refractivity contribution < 1.29 is 0 Å². The molecule has 0 aliphatic heterocycles. The van der Waals surface area contributed by atoms with Gasteiger partial charge < -0.3 is 10.2 Å². The molecule has 2 nitrogen and oxygen atoms in total. The van der Waals surface area contributed by atoms with Crippen molar-refractivity contribution in [3.8, 4) is 0 Å². The van der Waals surface area contributed by atoms with Gasteiger partial charge in [0.1, 0.15) is 0 Å². The van der Waals surface area contributed by atoms with Gasteiger partial charge in [0.2, 0.25) is 0 Å². The molecule has 0 aromatic carbocycles. The summed E-state index contributed by atoms with van der Waals surface area (Å²) in [7, 11) is 4.24. The number of hydrogen-bond donors (Lipinski definition) is 1. The molecular formula is C10H24N2. The maximum absolute atomic E-state index is 3.45. The fourth-order valence-electron chi connectivity index (χ4n) is 1.04. The van der Waals surface area contributed by atoms with E-state index < -0.39 is 0 Å². The minimum absolute atomic E-state index is 0.825. The lowest BCUT2D eigenvalue weighted by atomic mass is 10.1. The minimum atomic E-state index is 0.825. The SMILES string of the molecule is CC(C)CCNCCCN(C)C. The van der Waals surface area contributed by atoms with Crippen LogP contribution in [0.3, 0.4) is 0 Å². The van der Waals surface area contributed by atoms with Gasteiger partial charge in [-0.05, 0) is 52.5 Å². The molecule has 12 heavy (non-hydrogen) atoms. The quantitative estimate of drug-likeness (QED) is 0.586. The Morgan fingerprint density at radius 3 is 2.33 bits per heavy atom. The Labute approximate surface area is 77.3 Å². The average molecular weight is 172 g/mol. The van der Waals surface area contributed by atoms with Crippen molar-refractivity contribution in [3.63, 3.8) is 0 Å². The van der Waals surface area contributed by atoms with Gasteiger partial charge in [-0.15, -0.1) is 0 Å². The molecule has 0 aliphatic rings. The van der Waals surface area contributed by atoms with Crippen LogP contribution in [0.4, 0.5) is 0 Å². The van der Waals surface area contributed by atoms with E-state index >= 15 is 0 Å². The number of nitrogens with one attached hydrogen (secondary N) is 1. The zero-order chi connectivity index (χ0) is 9.40. The van der Waals surface area contributed by atoms with Gasteiger partial charge in [0.05, 0.1) is 0 Å². The maximum atomic E-state index is 3.45. The van der Waals surface area contributed by atoms with Crippen LogP contribution in [-0.2, 0) is 0 Å². The fourth-order valence-corrected chi connectivity index (χ4v) is 1.04. The lowest BCUT2D eigenvalue weighted by Crippen LogP contribution is -2.22. The Kier molecular flexibility index (Phi) is 7.51. The van der Waals surface area contributed by atoms with E-state index in [1.54, 1.807) is 0 Å². The van der Waals surface area contributed by atoms with Gasteiger partial charge >= 0.3 is 0 Å². The normalized spacial score (nSPS) is 11.5. The molecule has 0 radical (unpaired) electrons. The van der Waals surface area contributed by atoms with Crippen LogP contribution < -0.4 is 5.32 Å². The van der Waals surface area contributed by atoms with Crippen LogP contribution in [0.5, 0.6) is 0 Å². The van der Waals surface area contributed by atoms with Gasteiger partial charge in [-0.2, -0.15) is 0 Å². The van der Waals surface area contributed by atoms with E-state index in [0.717, 1.165) is 12.5 Å². The second-order valence-electron chi connectivity index (χ2n) is 4.09. The van der Waals surface area contributed by atoms with Crippen molar-refractivity contribution in [2.24, 2.45) is 5.92 Å². The standard InChI is InChI=1S/C10H24N2/c1-10(2)6-8-11-7-5-9-12(3)4/h10-11H,5-9H2,1-4H3. The average Bonchev–Trinajstić information content (AvgIpc) is 1.95. The Bertz CT molecular complexity index is 77.8. The van der Waals surface area contributed by atoms with E-state index in [1.807, 2.05) is 0 Å². The minimum Gasteiger partial charge on any atom is -0.317 e. The molecule has 1 N–H and O–H groups in total. The number of nitrogens with zero attached hydrogens (tertiary/aromatic N) is 1. The van der Waals surface area contributed by atoms with Crippen molar-refractivity contribution in [3.05, 3.63) is 0 Å². The largest absolute Gasteiger partial charge is 0.317 e. The van der Waals surface area contributed by atoms with E-state index in [9.17, 15) is 0 Å². The van der Waals surface area contributed by atoms with Crippen LogP contribution in [0.15, 0.2) is 0 Å². The van der Waals surface area contributed by atoms with Gasteiger partial charge in [0.15, 0.2) is 0 Å². The summed E-state index contributed by atoms with van der Waals surface area (Å²) < 4.78 is 0. The molecule has 0 heterocycles. The third kappa shape index (κ3) is 9.92. The van der Waals surface area contributed by atoms with Crippen LogP contribution in [0.2, 0.25) is 0 Å². The highest BCUT2D eigenvalue weighted by molar-refractivity contribution is 4.52. The molecular weight excluding hydrogens is 148 g/mol. The smallest absolute Gasteiger partial charge is 0.00127 e. The molecule has 0 rings (SSSR count). The second-order valence-corrected chi connectivity index (χ2v) is 4.09. The molecule has 0 spiro atoms. The van der Waals surface area contributed by atoms with E-state index in [2.05, 4.69) is 38.2 Å². The van der Waals surface area contributed by atoms with Gasteiger partial charge in [0.25, 0.3) is 0 Å². The van der Waals surface area contributed by atoms with Crippen molar-refractivity contribution in [1.82, 2.24) is 10.2 Å². The first kappa shape index (κ1) is 11.9. The molecule has 0 unspecified atom stereocenters. The van der Waals surface area contributed by atoms with Gasteiger partial charge in [-0.25, -0.2) is 0 Å². The molecule has 0 fully saturated rings. The third-order valence-electron chi connectivity index (χ3n) is 1.86. The molecule has 0 saturated carbocycles. The van der Waals surface area contributed by atoms with Crippen LogP contribution in [0, 0.1) is 5.92 Å². The molecule has 0 saturated heterocycles. The van der Waals surface area contributed by atoms with E-state index in [4.69, 9.17) is 0 Å². The Morgan fingerprint density at radius 2 is 1.83 bits per heavy atom. The van der Waals surface area contributed by atoms with Crippen LogP contribution in [-0.4, -0.2) is 38.6 Å². The zero-order valence-electron chi connectivity index (χ0n) is 9.06. The van der Waals surface area contributed by atoms with Crippen LogP contribution >= 0.6 is 0 Å². The highest BCUT2D eigenvalue weighted by Crippen LogP contribution is 1.95. The molecule has 0 bridgehead atoms. The summed E-state index contributed by atoms with van der Waals surface area (Å²) in [5.41, 5.74) is 0. The first-order valence-corrected chi connectivity index (χ1v) is 4.98. The van der Waals surface area contributed by atoms with Crippen LogP contribution in [0.25, 0.3) is 0 Å². The summed E-state index contributed by atoms with van der Waals surface area (Å²) in [4.78, 5) is 2.23. The van der Waals surface area contributed by atoms with E-state index in [1.165, 1.54) is 25.9 Å². The summed E-state index contributed by atoms with van der Waals surface area (Å²) >= 11 is 0. The Morgan fingerprint density at radius 1 is 1.17 bits per heavy atom. The van der Waals surface area contributed by atoms with Gasteiger partial charge in [-0.3, -0.25) is 0 Å². The molecule has 0 aromatic heterocycles.